The number of nitro benzene ring substituents is 1. The van der Waals surface area contributed by atoms with Crippen LogP contribution >= 0.6 is 0 Å². The number of anilines is 1. The van der Waals surface area contributed by atoms with Gasteiger partial charge in [0.05, 0.1) is 21.7 Å². The highest BCUT2D eigenvalue weighted by atomic mass is 19.1. The van der Waals surface area contributed by atoms with E-state index in [1.807, 2.05) is 0 Å². The minimum atomic E-state index is -0.886. The molecule has 0 radical (unpaired) electrons. The third kappa shape index (κ3) is 4.39. The lowest BCUT2D eigenvalue weighted by Gasteiger charge is -2.08. The highest BCUT2D eigenvalue weighted by Crippen LogP contribution is 2.21. The molecule has 8 nitrogen and oxygen atoms in total. The summed E-state index contributed by atoms with van der Waals surface area (Å²) in [5.41, 5.74) is -0.0529. The van der Waals surface area contributed by atoms with Crippen LogP contribution in [-0.4, -0.2) is 23.4 Å². The van der Waals surface area contributed by atoms with Crippen molar-refractivity contribution in [3.63, 3.8) is 0 Å². The first-order chi connectivity index (χ1) is 12.3. The fourth-order valence-corrected chi connectivity index (χ4v) is 1.97. The van der Waals surface area contributed by atoms with Crippen molar-refractivity contribution in [2.45, 2.75) is 6.92 Å². The number of aryl methyl sites for hydroxylation is 1. The fraction of sp³-hybridized carbons (Fsp3) is 0.118. The summed E-state index contributed by atoms with van der Waals surface area (Å²) in [7, 11) is 0. The Balaban J connectivity index is 2.00. The van der Waals surface area contributed by atoms with E-state index >= 15 is 0 Å². The van der Waals surface area contributed by atoms with E-state index in [-0.39, 0.29) is 22.5 Å². The lowest BCUT2D eigenvalue weighted by Crippen LogP contribution is -2.21. The van der Waals surface area contributed by atoms with Crippen LogP contribution in [0.25, 0.3) is 0 Å². The maximum Gasteiger partial charge on any atom is 0.338 e. The molecule has 2 rings (SSSR count). The number of carbonyl (C=O) groups is 2. The normalized spacial score (nSPS) is 9.88. The number of amides is 1. The average molecular weight is 357 g/mol. The van der Waals surface area contributed by atoms with Crippen molar-refractivity contribution in [2.24, 2.45) is 0 Å². The van der Waals surface area contributed by atoms with Gasteiger partial charge >= 0.3 is 5.97 Å². The summed E-state index contributed by atoms with van der Waals surface area (Å²) >= 11 is 0. The molecule has 0 atom stereocenters. The van der Waals surface area contributed by atoms with E-state index < -0.39 is 29.2 Å². The van der Waals surface area contributed by atoms with Gasteiger partial charge in [-0.15, -0.1) is 0 Å². The average Bonchev–Trinajstić information content (AvgIpc) is 2.62. The quantitative estimate of drug-likeness (QED) is 0.499. The zero-order valence-corrected chi connectivity index (χ0v) is 13.5. The number of halogens is 1. The molecule has 0 aliphatic carbocycles. The zero-order chi connectivity index (χ0) is 19.3. The number of nitriles is 1. The molecule has 0 aromatic heterocycles. The highest BCUT2D eigenvalue weighted by Gasteiger charge is 2.15. The Morgan fingerprint density at radius 1 is 1.31 bits per heavy atom. The first-order valence-electron chi connectivity index (χ1n) is 7.23. The Morgan fingerprint density at radius 2 is 2.04 bits per heavy atom. The van der Waals surface area contributed by atoms with Gasteiger partial charge in [-0.25, -0.2) is 9.18 Å². The molecule has 0 saturated carbocycles. The molecule has 1 amide bonds. The zero-order valence-electron chi connectivity index (χ0n) is 13.5. The third-order valence-electron chi connectivity index (χ3n) is 3.35. The third-order valence-corrected chi connectivity index (χ3v) is 3.35. The number of ether oxygens (including phenoxy) is 1. The van der Waals surface area contributed by atoms with Crippen molar-refractivity contribution >= 4 is 23.3 Å². The van der Waals surface area contributed by atoms with Gasteiger partial charge < -0.3 is 10.1 Å². The van der Waals surface area contributed by atoms with Gasteiger partial charge in [0.2, 0.25) is 0 Å². The lowest BCUT2D eigenvalue weighted by atomic mass is 10.1. The van der Waals surface area contributed by atoms with Crippen molar-refractivity contribution in [3.8, 4) is 6.07 Å². The molecular weight excluding hydrogens is 345 g/mol. The van der Waals surface area contributed by atoms with Crippen LogP contribution in [0, 0.1) is 34.2 Å². The Bertz CT molecular complexity index is 936. The minimum absolute atomic E-state index is 0.0422. The lowest BCUT2D eigenvalue weighted by molar-refractivity contribution is -0.384. The number of esters is 1. The van der Waals surface area contributed by atoms with Crippen LogP contribution in [0.4, 0.5) is 15.8 Å². The molecule has 26 heavy (non-hydrogen) atoms. The first kappa shape index (κ1) is 18.5. The van der Waals surface area contributed by atoms with Gasteiger partial charge in [-0.2, -0.15) is 5.26 Å². The summed E-state index contributed by atoms with van der Waals surface area (Å²) < 4.78 is 18.2. The van der Waals surface area contributed by atoms with Crippen molar-refractivity contribution in [2.75, 3.05) is 11.9 Å². The summed E-state index contributed by atoms with van der Waals surface area (Å²) in [5, 5.41) is 22.0. The summed E-state index contributed by atoms with van der Waals surface area (Å²) in [5.74, 6) is -2.21. The van der Waals surface area contributed by atoms with Crippen molar-refractivity contribution in [3.05, 3.63) is 69.0 Å². The maximum absolute atomic E-state index is 13.4. The molecule has 2 aromatic rings. The van der Waals surface area contributed by atoms with Crippen LogP contribution in [-0.2, 0) is 9.53 Å². The maximum atomic E-state index is 13.4. The number of rotatable bonds is 5. The monoisotopic (exact) mass is 357 g/mol. The number of carbonyl (C=O) groups excluding carboxylic acids is 2. The second-order valence-electron chi connectivity index (χ2n) is 5.19. The predicted octanol–water partition coefficient (Wildman–Crippen LogP) is 2.71. The van der Waals surface area contributed by atoms with Crippen LogP contribution in [0.3, 0.4) is 0 Å². The van der Waals surface area contributed by atoms with E-state index in [9.17, 15) is 24.1 Å². The van der Waals surface area contributed by atoms with E-state index in [0.717, 1.165) is 18.2 Å². The van der Waals surface area contributed by atoms with Gasteiger partial charge in [0, 0.05) is 12.1 Å². The number of benzene rings is 2. The molecule has 0 spiro atoms. The second-order valence-corrected chi connectivity index (χ2v) is 5.19. The van der Waals surface area contributed by atoms with Crippen LogP contribution in [0.5, 0.6) is 0 Å². The van der Waals surface area contributed by atoms with Crippen molar-refractivity contribution in [1.82, 2.24) is 0 Å². The smallest absolute Gasteiger partial charge is 0.338 e. The van der Waals surface area contributed by atoms with Crippen LogP contribution in [0.15, 0.2) is 36.4 Å². The van der Waals surface area contributed by atoms with Gasteiger partial charge in [-0.3, -0.25) is 14.9 Å². The number of nitrogens with zero attached hydrogens (tertiary/aromatic N) is 2. The topological polar surface area (TPSA) is 122 Å². The minimum Gasteiger partial charge on any atom is -0.452 e. The van der Waals surface area contributed by atoms with Gasteiger partial charge in [-0.05, 0) is 30.7 Å². The van der Waals surface area contributed by atoms with Gasteiger partial charge in [0.15, 0.2) is 6.61 Å². The fourth-order valence-electron chi connectivity index (χ4n) is 1.97. The van der Waals surface area contributed by atoms with Gasteiger partial charge in [0.25, 0.3) is 11.6 Å². The van der Waals surface area contributed by atoms with Crippen molar-refractivity contribution < 1.29 is 23.6 Å². The van der Waals surface area contributed by atoms with Crippen molar-refractivity contribution in [1.29, 1.82) is 5.26 Å². The first-order valence-corrected chi connectivity index (χ1v) is 7.23. The standard InChI is InChI=1S/C17H12FN3O5/c1-10-2-3-11(7-14(10)18)17(23)26-9-16(22)20-15-5-4-13(21(24)25)6-12(15)8-19/h2-7H,9H2,1H3,(H,20,22). The Kier molecular flexibility index (Phi) is 5.60. The molecule has 1 N–H and O–H groups in total. The summed E-state index contributed by atoms with van der Waals surface area (Å²) in [6, 6.07) is 8.83. The molecule has 0 bridgehead atoms. The number of hydrogen-bond donors (Lipinski definition) is 1. The van der Waals surface area contributed by atoms with Crippen LogP contribution in [0.2, 0.25) is 0 Å². The molecule has 0 unspecified atom stereocenters. The summed E-state index contributed by atoms with van der Waals surface area (Å²) in [4.78, 5) is 33.7. The summed E-state index contributed by atoms with van der Waals surface area (Å²) in [6.07, 6.45) is 0. The Hall–Kier alpha value is -3.80. The molecule has 132 valence electrons. The highest BCUT2D eigenvalue weighted by molar-refractivity contribution is 5.96. The van der Waals surface area contributed by atoms with Crippen LogP contribution < -0.4 is 5.32 Å². The largest absolute Gasteiger partial charge is 0.452 e. The molecule has 0 aliphatic rings. The number of non-ortho nitro benzene ring substituents is 1. The summed E-state index contributed by atoms with van der Waals surface area (Å²) in [6.45, 7) is 0.866. The molecule has 0 fully saturated rings. The number of nitro groups is 1. The van der Waals surface area contributed by atoms with E-state index in [4.69, 9.17) is 10.00 Å². The number of hydrogen-bond acceptors (Lipinski definition) is 6. The second kappa shape index (κ2) is 7.85. The van der Waals surface area contributed by atoms with E-state index in [2.05, 4.69) is 5.32 Å². The molecular formula is C17H12FN3O5. The van der Waals surface area contributed by atoms with Gasteiger partial charge in [-0.1, -0.05) is 6.07 Å². The Morgan fingerprint density at radius 3 is 2.65 bits per heavy atom. The Labute approximate surface area is 147 Å². The molecule has 0 saturated heterocycles. The van der Waals surface area contributed by atoms with Gasteiger partial charge in [0.1, 0.15) is 11.9 Å². The predicted molar refractivity (Wildman–Crippen MR) is 87.9 cm³/mol. The molecule has 2 aromatic carbocycles. The number of nitrogens with one attached hydrogen (secondary N) is 1. The van der Waals surface area contributed by atoms with Crippen LogP contribution in [0.1, 0.15) is 21.5 Å². The molecule has 0 heterocycles. The van der Waals surface area contributed by atoms with E-state index in [1.54, 1.807) is 6.07 Å². The van der Waals surface area contributed by atoms with E-state index in [1.165, 1.54) is 25.1 Å². The SMILES string of the molecule is Cc1ccc(C(=O)OCC(=O)Nc2ccc([N+](=O)[O-])cc2C#N)cc1F. The van der Waals surface area contributed by atoms with E-state index in [0.29, 0.717) is 5.56 Å². The molecule has 9 heteroatoms. The molecule has 0 aliphatic heterocycles.